The zero-order valence-corrected chi connectivity index (χ0v) is 5.52. The van der Waals surface area contributed by atoms with E-state index in [-0.39, 0.29) is 5.96 Å². The van der Waals surface area contributed by atoms with Gasteiger partial charge in [0.1, 0.15) is 12.3 Å². The molecule has 11 heavy (non-hydrogen) atoms. The van der Waals surface area contributed by atoms with Crippen LogP contribution in [0.15, 0.2) is 4.99 Å². The standard InChI is InChI=1S/C5H7N3O3/c6-5-7-2(1-9)3(8-5)4(10)11/h1-3H,(H,10,11)(H3,6,7,8). The number of hydrogen-bond donors (Lipinski definition) is 3. The minimum Gasteiger partial charge on any atom is -0.480 e. The average Bonchev–Trinajstić information content (AvgIpc) is 2.30. The average molecular weight is 157 g/mol. The second-order valence-electron chi connectivity index (χ2n) is 2.10. The van der Waals surface area contributed by atoms with Crippen molar-refractivity contribution in [3.63, 3.8) is 0 Å². The molecule has 4 N–H and O–H groups in total. The summed E-state index contributed by atoms with van der Waals surface area (Å²) in [5, 5.41) is 10.9. The monoisotopic (exact) mass is 157 g/mol. The van der Waals surface area contributed by atoms with Crippen LogP contribution in [-0.4, -0.2) is 35.4 Å². The predicted molar refractivity (Wildman–Crippen MR) is 36.0 cm³/mol. The topological polar surface area (TPSA) is 105 Å². The van der Waals surface area contributed by atoms with E-state index in [1.54, 1.807) is 0 Å². The van der Waals surface area contributed by atoms with E-state index in [0.29, 0.717) is 6.29 Å². The van der Waals surface area contributed by atoms with Gasteiger partial charge in [0.15, 0.2) is 12.0 Å². The lowest BCUT2D eigenvalue weighted by atomic mass is 10.2. The number of carbonyl (C=O) groups is 2. The highest BCUT2D eigenvalue weighted by atomic mass is 16.4. The third-order valence-corrected chi connectivity index (χ3v) is 1.33. The molecule has 0 aromatic rings. The number of nitrogens with zero attached hydrogens (tertiary/aromatic N) is 1. The van der Waals surface area contributed by atoms with Gasteiger partial charge in [0.2, 0.25) is 0 Å². The smallest absolute Gasteiger partial charge is 0.331 e. The third-order valence-electron chi connectivity index (χ3n) is 1.33. The van der Waals surface area contributed by atoms with Gasteiger partial charge in [-0.1, -0.05) is 0 Å². The van der Waals surface area contributed by atoms with Crippen molar-refractivity contribution in [3.05, 3.63) is 0 Å². The highest BCUT2D eigenvalue weighted by molar-refractivity contribution is 5.92. The molecule has 2 unspecified atom stereocenters. The zero-order chi connectivity index (χ0) is 8.43. The molecule has 6 nitrogen and oxygen atoms in total. The number of hydrogen-bond acceptors (Lipinski definition) is 5. The highest BCUT2D eigenvalue weighted by Crippen LogP contribution is 2.03. The van der Waals surface area contributed by atoms with Crippen molar-refractivity contribution in [1.82, 2.24) is 5.32 Å². The Morgan fingerprint density at radius 1 is 1.82 bits per heavy atom. The molecule has 0 aromatic carbocycles. The number of nitrogens with one attached hydrogen (secondary N) is 1. The van der Waals surface area contributed by atoms with E-state index in [0.717, 1.165) is 0 Å². The number of nitrogens with two attached hydrogens (primary N) is 1. The first-order chi connectivity index (χ1) is 5.15. The summed E-state index contributed by atoms with van der Waals surface area (Å²) >= 11 is 0. The quantitative estimate of drug-likeness (QED) is 0.399. The minimum absolute atomic E-state index is 0.00509. The molecule has 0 amide bonds. The van der Waals surface area contributed by atoms with Crippen molar-refractivity contribution in [2.45, 2.75) is 12.1 Å². The Kier molecular flexibility index (Phi) is 1.75. The lowest BCUT2D eigenvalue weighted by Gasteiger charge is -2.05. The van der Waals surface area contributed by atoms with Crippen LogP contribution in [0.3, 0.4) is 0 Å². The Labute approximate surface area is 62.1 Å². The molecule has 0 radical (unpaired) electrons. The van der Waals surface area contributed by atoms with E-state index in [1.165, 1.54) is 0 Å². The molecule has 0 aromatic heterocycles. The number of guanidine groups is 1. The number of aldehydes is 1. The van der Waals surface area contributed by atoms with Gasteiger partial charge in [-0.2, -0.15) is 0 Å². The Morgan fingerprint density at radius 3 is 2.82 bits per heavy atom. The molecule has 1 aliphatic rings. The number of aliphatic carboxylic acids is 1. The van der Waals surface area contributed by atoms with Crippen LogP contribution in [0.25, 0.3) is 0 Å². The predicted octanol–water partition coefficient (Wildman–Crippen LogP) is -2.08. The number of carbonyl (C=O) groups excluding carboxylic acids is 1. The lowest BCUT2D eigenvalue weighted by Crippen LogP contribution is -2.41. The first-order valence-corrected chi connectivity index (χ1v) is 2.93. The van der Waals surface area contributed by atoms with Gasteiger partial charge in [-0.15, -0.1) is 0 Å². The number of carboxylic acids is 1. The van der Waals surface area contributed by atoms with Crippen LogP contribution in [0.4, 0.5) is 0 Å². The molecule has 2 atom stereocenters. The van der Waals surface area contributed by atoms with Crippen molar-refractivity contribution < 1.29 is 14.7 Å². The summed E-state index contributed by atoms with van der Waals surface area (Å²) in [6.07, 6.45) is 0.474. The summed E-state index contributed by atoms with van der Waals surface area (Å²) < 4.78 is 0. The number of carboxylic acid groups (broad SMARTS) is 1. The van der Waals surface area contributed by atoms with Crippen molar-refractivity contribution in [3.8, 4) is 0 Å². The molecule has 0 saturated heterocycles. The molecule has 1 aliphatic heterocycles. The van der Waals surface area contributed by atoms with Crippen LogP contribution >= 0.6 is 0 Å². The molecule has 60 valence electrons. The maximum Gasteiger partial charge on any atom is 0.331 e. The van der Waals surface area contributed by atoms with E-state index >= 15 is 0 Å². The normalized spacial score (nSPS) is 28.9. The van der Waals surface area contributed by atoms with E-state index in [1.807, 2.05) is 0 Å². The van der Waals surface area contributed by atoms with Crippen LogP contribution in [-0.2, 0) is 9.59 Å². The Bertz CT molecular complexity index is 225. The maximum absolute atomic E-state index is 10.4. The van der Waals surface area contributed by atoms with E-state index in [9.17, 15) is 9.59 Å². The van der Waals surface area contributed by atoms with Crippen LogP contribution < -0.4 is 11.1 Å². The van der Waals surface area contributed by atoms with E-state index in [4.69, 9.17) is 10.8 Å². The Morgan fingerprint density at radius 2 is 2.45 bits per heavy atom. The van der Waals surface area contributed by atoms with Gasteiger partial charge in [0.05, 0.1) is 0 Å². The van der Waals surface area contributed by atoms with E-state index in [2.05, 4.69) is 10.3 Å². The second kappa shape index (κ2) is 2.57. The number of rotatable bonds is 2. The fourth-order valence-electron chi connectivity index (χ4n) is 0.834. The van der Waals surface area contributed by atoms with Crippen LogP contribution in [0.1, 0.15) is 0 Å². The summed E-state index contributed by atoms with van der Waals surface area (Å²) in [6.45, 7) is 0. The maximum atomic E-state index is 10.4. The van der Waals surface area contributed by atoms with Crippen LogP contribution in [0.5, 0.6) is 0 Å². The summed E-state index contributed by atoms with van der Waals surface area (Å²) in [5.41, 5.74) is 5.15. The fraction of sp³-hybridized carbons (Fsp3) is 0.400. The van der Waals surface area contributed by atoms with Gasteiger partial charge in [-0.25, -0.2) is 9.79 Å². The molecule has 0 fully saturated rings. The molecule has 0 spiro atoms. The molecule has 0 aliphatic carbocycles. The van der Waals surface area contributed by atoms with Gasteiger partial charge in [-0.3, -0.25) is 0 Å². The first kappa shape index (κ1) is 7.52. The summed E-state index contributed by atoms with van der Waals surface area (Å²) in [6, 6.07) is -1.90. The van der Waals surface area contributed by atoms with Crippen LogP contribution in [0.2, 0.25) is 0 Å². The molecular weight excluding hydrogens is 150 g/mol. The lowest BCUT2D eigenvalue weighted by molar-refractivity contribution is -0.139. The van der Waals surface area contributed by atoms with Gasteiger partial charge in [0, 0.05) is 0 Å². The van der Waals surface area contributed by atoms with Gasteiger partial charge in [0.25, 0.3) is 0 Å². The molecular formula is C5H7N3O3. The number of aliphatic imine (C=N–C) groups is 1. The van der Waals surface area contributed by atoms with Gasteiger partial charge in [-0.05, 0) is 0 Å². The minimum atomic E-state index is -1.16. The summed E-state index contributed by atoms with van der Waals surface area (Å²) in [5.74, 6) is -1.16. The largest absolute Gasteiger partial charge is 0.480 e. The van der Waals surface area contributed by atoms with E-state index < -0.39 is 18.1 Å². The molecule has 1 heterocycles. The Hall–Kier alpha value is -1.59. The first-order valence-electron chi connectivity index (χ1n) is 2.93. The third kappa shape index (κ3) is 1.28. The van der Waals surface area contributed by atoms with Crippen molar-refractivity contribution in [2.75, 3.05) is 0 Å². The summed E-state index contributed by atoms with van der Waals surface area (Å²) in [4.78, 5) is 24.1. The summed E-state index contributed by atoms with van der Waals surface area (Å²) in [7, 11) is 0. The van der Waals surface area contributed by atoms with Crippen molar-refractivity contribution in [1.29, 1.82) is 0 Å². The second-order valence-corrected chi connectivity index (χ2v) is 2.10. The highest BCUT2D eigenvalue weighted by Gasteiger charge is 2.32. The molecule has 0 saturated carbocycles. The Balaban J connectivity index is 2.76. The molecule has 1 rings (SSSR count). The molecule has 0 bridgehead atoms. The zero-order valence-electron chi connectivity index (χ0n) is 5.52. The van der Waals surface area contributed by atoms with Gasteiger partial charge >= 0.3 is 5.97 Å². The van der Waals surface area contributed by atoms with Gasteiger partial charge < -0.3 is 21.0 Å². The molecule has 6 heteroatoms. The fourth-order valence-corrected chi connectivity index (χ4v) is 0.834. The van der Waals surface area contributed by atoms with Crippen LogP contribution in [0, 0.1) is 0 Å². The van der Waals surface area contributed by atoms with Crippen molar-refractivity contribution >= 4 is 18.2 Å². The SMILES string of the molecule is NC1=NC(C(=O)O)C(C=O)N1. The van der Waals surface area contributed by atoms with Crippen molar-refractivity contribution in [2.24, 2.45) is 10.7 Å².